The largest absolute Gasteiger partial charge is 0.497 e. The molecular formula is C17H19NO5S. The third-order valence-corrected chi connectivity index (χ3v) is 5.52. The lowest BCUT2D eigenvalue weighted by Gasteiger charge is -2.17. The summed E-state index contributed by atoms with van der Waals surface area (Å²) in [6.45, 7) is 0.284. The van der Waals surface area contributed by atoms with E-state index in [1.165, 1.54) is 35.6 Å². The van der Waals surface area contributed by atoms with E-state index in [-0.39, 0.29) is 17.0 Å². The molecule has 0 aromatic heterocycles. The third-order valence-electron chi connectivity index (χ3n) is 3.66. The lowest BCUT2D eigenvalue weighted by atomic mass is 10.1. The first-order chi connectivity index (χ1) is 11.3. The molecule has 0 atom stereocenters. The molecule has 0 saturated carbocycles. The molecule has 2 aromatic carbocycles. The molecule has 0 saturated heterocycles. The fourth-order valence-electron chi connectivity index (χ4n) is 2.17. The van der Waals surface area contributed by atoms with Crippen LogP contribution in [0, 0.1) is 0 Å². The zero-order valence-corrected chi connectivity index (χ0v) is 14.3. The molecule has 6 nitrogen and oxygen atoms in total. The highest BCUT2D eigenvalue weighted by Gasteiger charge is 2.21. The monoisotopic (exact) mass is 349 g/mol. The molecule has 2 aromatic rings. The SMILES string of the molecule is COc1ccc(CCN(C)S(=O)(=O)c2cccc(C(=O)O)c2)cc1. The second-order valence-corrected chi connectivity index (χ2v) is 7.30. The molecule has 7 heteroatoms. The number of rotatable bonds is 7. The van der Waals surface area contributed by atoms with Crippen molar-refractivity contribution in [2.75, 3.05) is 20.7 Å². The summed E-state index contributed by atoms with van der Waals surface area (Å²) in [5, 5.41) is 8.99. The Hall–Kier alpha value is -2.38. The molecule has 2 rings (SSSR count). The smallest absolute Gasteiger partial charge is 0.335 e. The molecule has 128 valence electrons. The van der Waals surface area contributed by atoms with Gasteiger partial charge >= 0.3 is 5.97 Å². The van der Waals surface area contributed by atoms with Gasteiger partial charge in [-0.3, -0.25) is 0 Å². The van der Waals surface area contributed by atoms with Crippen LogP contribution in [0.4, 0.5) is 0 Å². The van der Waals surface area contributed by atoms with E-state index in [0.29, 0.717) is 6.42 Å². The van der Waals surface area contributed by atoms with Gasteiger partial charge < -0.3 is 9.84 Å². The Balaban J connectivity index is 2.10. The van der Waals surface area contributed by atoms with Crippen LogP contribution in [0.15, 0.2) is 53.4 Å². The highest BCUT2D eigenvalue weighted by molar-refractivity contribution is 7.89. The van der Waals surface area contributed by atoms with Crippen molar-refractivity contribution < 1.29 is 23.1 Å². The van der Waals surface area contributed by atoms with E-state index in [0.717, 1.165) is 11.3 Å². The molecule has 0 radical (unpaired) electrons. The van der Waals surface area contributed by atoms with Crippen molar-refractivity contribution >= 4 is 16.0 Å². The van der Waals surface area contributed by atoms with E-state index in [1.807, 2.05) is 24.3 Å². The van der Waals surface area contributed by atoms with Gasteiger partial charge in [0, 0.05) is 13.6 Å². The van der Waals surface area contributed by atoms with Crippen LogP contribution in [0.5, 0.6) is 5.75 Å². The molecule has 0 bridgehead atoms. The lowest BCUT2D eigenvalue weighted by molar-refractivity contribution is 0.0696. The number of hydrogen-bond donors (Lipinski definition) is 1. The topological polar surface area (TPSA) is 83.9 Å². The van der Waals surface area contributed by atoms with Gasteiger partial charge in [0.2, 0.25) is 10.0 Å². The summed E-state index contributed by atoms with van der Waals surface area (Å²) in [7, 11) is -0.670. The number of carbonyl (C=O) groups is 1. The molecule has 0 aliphatic heterocycles. The Kier molecular flexibility index (Phi) is 5.58. The summed E-state index contributed by atoms with van der Waals surface area (Å²) in [4.78, 5) is 11.0. The predicted octanol–water partition coefficient (Wildman–Crippen LogP) is 2.26. The van der Waals surface area contributed by atoms with E-state index in [2.05, 4.69) is 0 Å². The Labute approximate surface area is 141 Å². The third kappa shape index (κ3) is 4.12. The van der Waals surface area contributed by atoms with E-state index in [4.69, 9.17) is 9.84 Å². The first-order valence-electron chi connectivity index (χ1n) is 7.27. The van der Waals surface area contributed by atoms with Gasteiger partial charge in [0.25, 0.3) is 0 Å². The Morgan fingerprint density at radius 1 is 1.17 bits per heavy atom. The van der Waals surface area contributed by atoms with Gasteiger partial charge in [-0.05, 0) is 42.3 Å². The number of sulfonamides is 1. The van der Waals surface area contributed by atoms with Crippen LogP contribution in [-0.2, 0) is 16.4 Å². The number of nitrogens with zero attached hydrogens (tertiary/aromatic N) is 1. The molecule has 1 N–H and O–H groups in total. The quantitative estimate of drug-likeness (QED) is 0.829. The molecule has 24 heavy (non-hydrogen) atoms. The fraction of sp³-hybridized carbons (Fsp3) is 0.235. The summed E-state index contributed by atoms with van der Waals surface area (Å²) in [6, 6.07) is 12.7. The maximum absolute atomic E-state index is 12.5. The normalized spacial score (nSPS) is 11.5. The average molecular weight is 349 g/mol. The Morgan fingerprint density at radius 3 is 2.42 bits per heavy atom. The summed E-state index contributed by atoms with van der Waals surface area (Å²) < 4.78 is 31.4. The number of methoxy groups -OCH3 is 1. The van der Waals surface area contributed by atoms with Crippen LogP contribution in [0.1, 0.15) is 15.9 Å². The number of benzene rings is 2. The van der Waals surface area contributed by atoms with Crippen molar-refractivity contribution in [3.63, 3.8) is 0 Å². The van der Waals surface area contributed by atoms with Crippen LogP contribution in [-0.4, -0.2) is 44.5 Å². The predicted molar refractivity (Wildman–Crippen MR) is 89.9 cm³/mol. The van der Waals surface area contributed by atoms with Crippen LogP contribution in [0.2, 0.25) is 0 Å². The first-order valence-corrected chi connectivity index (χ1v) is 8.71. The number of carboxylic acids is 1. The molecule has 0 aliphatic carbocycles. The number of carboxylic acid groups (broad SMARTS) is 1. The van der Waals surface area contributed by atoms with Crippen LogP contribution in [0.25, 0.3) is 0 Å². The van der Waals surface area contributed by atoms with Crippen molar-refractivity contribution in [3.05, 3.63) is 59.7 Å². The average Bonchev–Trinajstić information content (AvgIpc) is 2.60. The van der Waals surface area contributed by atoms with E-state index < -0.39 is 16.0 Å². The summed E-state index contributed by atoms with van der Waals surface area (Å²) in [6.07, 6.45) is 0.540. The molecule has 0 unspecified atom stereocenters. The van der Waals surface area contributed by atoms with Crippen molar-refractivity contribution in [2.24, 2.45) is 0 Å². The van der Waals surface area contributed by atoms with Gasteiger partial charge in [-0.1, -0.05) is 18.2 Å². The minimum atomic E-state index is -3.73. The number of aromatic carboxylic acids is 1. The van der Waals surface area contributed by atoms with Crippen molar-refractivity contribution in [1.82, 2.24) is 4.31 Å². The minimum absolute atomic E-state index is 0.0281. The second kappa shape index (κ2) is 7.46. The molecule has 0 spiro atoms. The van der Waals surface area contributed by atoms with Gasteiger partial charge in [0.05, 0.1) is 17.6 Å². The minimum Gasteiger partial charge on any atom is -0.497 e. The van der Waals surface area contributed by atoms with E-state index in [9.17, 15) is 13.2 Å². The standard InChI is InChI=1S/C17H19NO5S/c1-18(11-10-13-6-8-15(23-2)9-7-13)24(21,22)16-5-3-4-14(12-16)17(19)20/h3-9,12H,10-11H2,1-2H3,(H,19,20). The van der Waals surface area contributed by atoms with Gasteiger partial charge in [-0.2, -0.15) is 0 Å². The first kappa shape index (κ1) is 18.0. The second-order valence-electron chi connectivity index (χ2n) is 5.26. The Bertz CT molecular complexity index is 815. The van der Waals surface area contributed by atoms with Gasteiger partial charge in [0.15, 0.2) is 0 Å². The molecule has 0 fully saturated rings. The van der Waals surface area contributed by atoms with Gasteiger partial charge in [-0.15, -0.1) is 0 Å². The highest BCUT2D eigenvalue weighted by Crippen LogP contribution is 2.17. The number of ether oxygens (including phenoxy) is 1. The van der Waals surface area contributed by atoms with Crippen molar-refractivity contribution in [1.29, 1.82) is 0 Å². The van der Waals surface area contributed by atoms with Crippen molar-refractivity contribution in [3.8, 4) is 5.75 Å². The van der Waals surface area contributed by atoms with Gasteiger partial charge in [-0.25, -0.2) is 17.5 Å². The van der Waals surface area contributed by atoms with E-state index in [1.54, 1.807) is 7.11 Å². The molecule has 0 heterocycles. The van der Waals surface area contributed by atoms with E-state index >= 15 is 0 Å². The number of likely N-dealkylation sites (N-methyl/N-ethyl adjacent to an activating group) is 1. The molecular weight excluding hydrogens is 330 g/mol. The van der Waals surface area contributed by atoms with Gasteiger partial charge in [0.1, 0.15) is 5.75 Å². The maximum Gasteiger partial charge on any atom is 0.335 e. The maximum atomic E-state index is 12.5. The van der Waals surface area contributed by atoms with Crippen LogP contribution >= 0.6 is 0 Å². The van der Waals surface area contributed by atoms with Crippen LogP contribution < -0.4 is 4.74 Å². The summed E-state index contributed by atoms with van der Waals surface area (Å²) in [5.41, 5.74) is 0.928. The Morgan fingerprint density at radius 2 is 1.83 bits per heavy atom. The molecule has 0 aliphatic rings. The van der Waals surface area contributed by atoms with Crippen LogP contribution in [0.3, 0.4) is 0 Å². The number of hydrogen-bond acceptors (Lipinski definition) is 4. The zero-order chi connectivity index (χ0) is 17.7. The molecule has 0 amide bonds. The fourth-order valence-corrected chi connectivity index (χ4v) is 3.39. The summed E-state index contributed by atoms with van der Waals surface area (Å²) >= 11 is 0. The summed E-state index contributed by atoms with van der Waals surface area (Å²) in [5.74, 6) is -0.418. The highest BCUT2D eigenvalue weighted by atomic mass is 32.2. The zero-order valence-electron chi connectivity index (χ0n) is 13.5. The van der Waals surface area contributed by atoms with Crippen molar-refractivity contribution in [2.45, 2.75) is 11.3 Å². The lowest BCUT2D eigenvalue weighted by Crippen LogP contribution is -2.29.